The number of hydrogen-bond acceptors (Lipinski definition) is 5. The van der Waals surface area contributed by atoms with Gasteiger partial charge in [0.15, 0.2) is 12.5 Å². The Morgan fingerprint density at radius 2 is 2.00 bits per heavy atom. The first-order valence-electron chi connectivity index (χ1n) is 8.21. The lowest BCUT2D eigenvalue weighted by Crippen LogP contribution is -2.42. The van der Waals surface area contributed by atoms with Crippen molar-refractivity contribution in [3.63, 3.8) is 0 Å². The van der Waals surface area contributed by atoms with Crippen molar-refractivity contribution in [1.82, 2.24) is 10.3 Å². The number of carbonyl (C=O) groups is 2. The molecule has 2 rings (SSSR count). The van der Waals surface area contributed by atoms with Crippen molar-refractivity contribution < 1.29 is 27.5 Å². The highest BCUT2D eigenvalue weighted by Crippen LogP contribution is 2.20. The van der Waals surface area contributed by atoms with Crippen LogP contribution in [0.4, 0.5) is 13.2 Å². The van der Waals surface area contributed by atoms with Crippen molar-refractivity contribution in [3.8, 4) is 11.9 Å². The molecule has 1 aromatic rings. The molecule has 1 unspecified atom stereocenters. The highest BCUT2D eigenvalue weighted by molar-refractivity contribution is 6.11. The number of pyridine rings is 1. The zero-order chi connectivity index (χ0) is 19.2. The highest BCUT2D eigenvalue weighted by Gasteiger charge is 2.31. The number of carbonyl (C=O) groups excluding carboxylic acids is 2. The molecule has 0 saturated heterocycles. The van der Waals surface area contributed by atoms with E-state index in [2.05, 4.69) is 15.0 Å². The smallest absolute Gasteiger partial charge is 0.422 e. The third-order valence-corrected chi connectivity index (χ3v) is 3.96. The summed E-state index contributed by atoms with van der Waals surface area (Å²) in [5, 5.41) is 11.9. The number of alkyl halides is 3. The van der Waals surface area contributed by atoms with E-state index in [0.717, 1.165) is 38.2 Å². The second-order valence-electron chi connectivity index (χ2n) is 6.03. The molecule has 6 nitrogen and oxygen atoms in total. The summed E-state index contributed by atoms with van der Waals surface area (Å²) in [5.74, 6) is -3.61. The lowest BCUT2D eigenvalue weighted by molar-refractivity contribution is -0.154. The first kappa shape index (κ1) is 19.7. The van der Waals surface area contributed by atoms with Crippen molar-refractivity contribution >= 4 is 11.7 Å². The van der Waals surface area contributed by atoms with E-state index in [1.165, 1.54) is 12.1 Å². The van der Waals surface area contributed by atoms with E-state index >= 15 is 0 Å². The third kappa shape index (κ3) is 5.72. The molecule has 1 aromatic heterocycles. The predicted octanol–water partition coefficient (Wildman–Crippen LogP) is 2.79. The van der Waals surface area contributed by atoms with Crippen LogP contribution in [-0.2, 0) is 4.79 Å². The van der Waals surface area contributed by atoms with Gasteiger partial charge < -0.3 is 10.1 Å². The molecule has 1 aliphatic rings. The fourth-order valence-electron chi connectivity index (χ4n) is 2.70. The van der Waals surface area contributed by atoms with E-state index in [0.29, 0.717) is 0 Å². The average Bonchev–Trinajstić information content (AvgIpc) is 2.61. The van der Waals surface area contributed by atoms with Gasteiger partial charge in [-0.3, -0.25) is 9.59 Å². The van der Waals surface area contributed by atoms with E-state index in [1.54, 1.807) is 6.07 Å². The van der Waals surface area contributed by atoms with E-state index in [9.17, 15) is 28.0 Å². The standard InChI is InChI=1S/C17H18F3N3O3/c18-17(19,20)10-26-14-8-4-7-13(23-14)15(24)12(9-21)16(25)22-11-5-2-1-3-6-11/h4,7-8,11-12H,1-3,5-6,10H2,(H,22,25). The number of nitrogens with zero attached hydrogens (tertiary/aromatic N) is 2. The van der Waals surface area contributed by atoms with E-state index in [-0.39, 0.29) is 11.7 Å². The summed E-state index contributed by atoms with van der Waals surface area (Å²) in [5.41, 5.74) is -0.296. The molecule has 1 saturated carbocycles. The third-order valence-electron chi connectivity index (χ3n) is 3.96. The second-order valence-corrected chi connectivity index (χ2v) is 6.03. The monoisotopic (exact) mass is 369 g/mol. The number of Topliss-reactive ketones (excluding diaryl/α,β-unsaturated/α-hetero) is 1. The maximum Gasteiger partial charge on any atom is 0.422 e. The van der Waals surface area contributed by atoms with E-state index in [1.807, 2.05) is 0 Å². The normalized spacial score (nSPS) is 16.4. The van der Waals surface area contributed by atoms with E-state index in [4.69, 9.17) is 0 Å². The maximum absolute atomic E-state index is 12.4. The van der Waals surface area contributed by atoms with Gasteiger partial charge in [0, 0.05) is 12.1 Å². The van der Waals surface area contributed by atoms with Gasteiger partial charge in [-0.1, -0.05) is 25.3 Å². The molecule has 0 bridgehead atoms. The minimum absolute atomic E-state index is 0.0747. The van der Waals surface area contributed by atoms with Crippen molar-refractivity contribution in [3.05, 3.63) is 23.9 Å². The summed E-state index contributed by atoms with van der Waals surface area (Å²) in [6.45, 7) is -1.55. The topological polar surface area (TPSA) is 92.1 Å². The minimum atomic E-state index is -4.54. The molecule has 1 heterocycles. The first-order chi connectivity index (χ1) is 12.3. The number of rotatable bonds is 6. The summed E-state index contributed by atoms with van der Waals surface area (Å²) in [4.78, 5) is 28.3. The number of ketones is 1. The molecular formula is C17H18F3N3O3. The van der Waals surface area contributed by atoms with Crippen LogP contribution in [0.25, 0.3) is 0 Å². The molecule has 140 valence electrons. The van der Waals surface area contributed by atoms with Gasteiger partial charge in [0.1, 0.15) is 5.69 Å². The largest absolute Gasteiger partial charge is 0.468 e. The Bertz CT molecular complexity index is 694. The Hall–Kier alpha value is -2.63. The predicted molar refractivity (Wildman–Crippen MR) is 84.2 cm³/mol. The summed E-state index contributed by atoms with van der Waals surface area (Å²) >= 11 is 0. The fourth-order valence-corrected chi connectivity index (χ4v) is 2.70. The lowest BCUT2D eigenvalue weighted by Gasteiger charge is -2.23. The summed E-state index contributed by atoms with van der Waals surface area (Å²) < 4.78 is 41.1. The molecule has 1 atom stereocenters. The molecule has 1 fully saturated rings. The molecule has 1 aliphatic carbocycles. The van der Waals surface area contributed by atoms with Crippen LogP contribution >= 0.6 is 0 Å². The molecular weight excluding hydrogens is 351 g/mol. The molecule has 26 heavy (non-hydrogen) atoms. The molecule has 0 aromatic carbocycles. The van der Waals surface area contributed by atoms with Crippen LogP contribution in [0.2, 0.25) is 0 Å². The lowest BCUT2D eigenvalue weighted by atomic mass is 9.94. The SMILES string of the molecule is N#CC(C(=O)NC1CCCCC1)C(=O)c1cccc(OCC(F)(F)F)n1. The maximum atomic E-state index is 12.4. The van der Waals surface area contributed by atoms with Crippen LogP contribution in [-0.4, -0.2) is 35.5 Å². The number of nitriles is 1. The minimum Gasteiger partial charge on any atom is -0.468 e. The molecule has 9 heteroatoms. The van der Waals surface area contributed by atoms with Gasteiger partial charge in [0.05, 0.1) is 6.07 Å². The van der Waals surface area contributed by atoms with Crippen LogP contribution < -0.4 is 10.1 Å². The highest BCUT2D eigenvalue weighted by atomic mass is 19.4. The van der Waals surface area contributed by atoms with Crippen LogP contribution in [0.5, 0.6) is 5.88 Å². The Labute approximate surface area is 148 Å². The van der Waals surface area contributed by atoms with Gasteiger partial charge in [0.2, 0.25) is 17.6 Å². The molecule has 1 N–H and O–H groups in total. The molecule has 0 aliphatic heterocycles. The van der Waals surface area contributed by atoms with Crippen LogP contribution in [0.3, 0.4) is 0 Å². The van der Waals surface area contributed by atoms with Gasteiger partial charge in [-0.15, -0.1) is 0 Å². The Morgan fingerprint density at radius 3 is 2.62 bits per heavy atom. The zero-order valence-electron chi connectivity index (χ0n) is 13.9. The summed E-state index contributed by atoms with van der Waals surface area (Å²) in [6, 6.07) is 5.23. The molecule has 0 radical (unpaired) electrons. The van der Waals surface area contributed by atoms with Gasteiger partial charge in [-0.05, 0) is 18.9 Å². The number of aromatic nitrogens is 1. The number of amides is 1. The van der Waals surface area contributed by atoms with Crippen LogP contribution in [0, 0.1) is 17.2 Å². The van der Waals surface area contributed by atoms with Gasteiger partial charge in [-0.25, -0.2) is 4.98 Å². The quantitative estimate of drug-likeness (QED) is 0.615. The summed E-state index contributed by atoms with van der Waals surface area (Å²) in [6.07, 6.45) is 0.0547. The van der Waals surface area contributed by atoms with Crippen molar-refractivity contribution in [1.29, 1.82) is 5.26 Å². The van der Waals surface area contributed by atoms with Crippen molar-refractivity contribution in [2.45, 2.75) is 44.3 Å². The van der Waals surface area contributed by atoms with E-state index < -0.39 is 36.3 Å². The van der Waals surface area contributed by atoms with Gasteiger partial charge in [-0.2, -0.15) is 18.4 Å². The Morgan fingerprint density at radius 1 is 1.31 bits per heavy atom. The van der Waals surface area contributed by atoms with Crippen molar-refractivity contribution in [2.75, 3.05) is 6.61 Å². The van der Waals surface area contributed by atoms with Gasteiger partial charge >= 0.3 is 6.18 Å². The van der Waals surface area contributed by atoms with Crippen LogP contribution in [0.15, 0.2) is 18.2 Å². The zero-order valence-corrected chi connectivity index (χ0v) is 13.9. The average molecular weight is 369 g/mol. The fraction of sp³-hybridized carbons (Fsp3) is 0.529. The summed E-state index contributed by atoms with van der Waals surface area (Å²) in [7, 11) is 0. The number of nitrogens with one attached hydrogen (secondary N) is 1. The number of hydrogen-bond donors (Lipinski definition) is 1. The number of halogens is 3. The number of ether oxygens (including phenoxy) is 1. The van der Waals surface area contributed by atoms with Crippen molar-refractivity contribution in [2.24, 2.45) is 5.92 Å². The van der Waals surface area contributed by atoms with Crippen LogP contribution in [0.1, 0.15) is 42.6 Å². The first-order valence-corrected chi connectivity index (χ1v) is 8.21. The second kappa shape index (κ2) is 8.65. The molecule has 0 spiro atoms. The Kier molecular flexibility index (Phi) is 6.55. The van der Waals surface area contributed by atoms with Gasteiger partial charge in [0.25, 0.3) is 0 Å². The Balaban J connectivity index is 2.05. The molecule has 1 amide bonds.